The molecule has 0 radical (unpaired) electrons. The lowest BCUT2D eigenvalue weighted by atomic mass is 9.51. The van der Waals surface area contributed by atoms with Crippen molar-refractivity contribution in [1.82, 2.24) is 9.80 Å². The van der Waals surface area contributed by atoms with Crippen LogP contribution in [0.5, 0.6) is 0 Å². The standard InChI is InChI=1S/C21H30N2O3/c1-20(26-2)13-18(24)21(20)8-11-23(12-9-21)19(25)15-22-10-7-16-5-3-4-6-17(16)14-22/h3-6,18,24H,7-15H2,1-2H3/t18-,20+/m1/s1. The van der Waals surface area contributed by atoms with Crippen molar-refractivity contribution < 1.29 is 14.6 Å². The van der Waals surface area contributed by atoms with E-state index in [2.05, 4.69) is 36.1 Å². The molecule has 1 aromatic rings. The highest BCUT2D eigenvalue weighted by Crippen LogP contribution is 2.57. The van der Waals surface area contributed by atoms with Crippen molar-refractivity contribution in [2.75, 3.05) is 33.3 Å². The molecule has 142 valence electrons. The maximum atomic E-state index is 12.8. The molecule has 26 heavy (non-hydrogen) atoms. The predicted octanol–water partition coefficient (Wildman–Crippen LogP) is 1.82. The highest BCUT2D eigenvalue weighted by atomic mass is 16.5. The summed E-state index contributed by atoms with van der Waals surface area (Å²) < 4.78 is 5.72. The summed E-state index contributed by atoms with van der Waals surface area (Å²) in [5, 5.41) is 10.4. The first-order chi connectivity index (χ1) is 12.5. The van der Waals surface area contributed by atoms with E-state index in [0.717, 1.165) is 45.4 Å². The zero-order valence-electron chi connectivity index (χ0n) is 15.9. The number of methoxy groups -OCH3 is 1. The first-order valence-electron chi connectivity index (χ1n) is 9.78. The fourth-order valence-electron chi connectivity index (χ4n) is 5.27. The lowest BCUT2D eigenvalue weighted by Crippen LogP contribution is -2.69. The SMILES string of the molecule is CO[C@@]1(C)C[C@@H](O)C12CCN(C(=O)CN1CCc3ccccc3C1)CC2. The van der Waals surface area contributed by atoms with E-state index < -0.39 is 0 Å². The van der Waals surface area contributed by atoms with Gasteiger partial charge in [0.25, 0.3) is 0 Å². The van der Waals surface area contributed by atoms with Gasteiger partial charge in [-0.2, -0.15) is 0 Å². The van der Waals surface area contributed by atoms with Gasteiger partial charge in [-0.05, 0) is 37.3 Å². The van der Waals surface area contributed by atoms with Crippen molar-refractivity contribution >= 4 is 5.91 Å². The average Bonchev–Trinajstić information content (AvgIpc) is 2.67. The Kier molecular flexibility index (Phi) is 4.58. The monoisotopic (exact) mass is 358 g/mol. The number of likely N-dealkylation sites (tertiary alicyclic amines) is 1. The highest BCUT2D eigenvalue weighted by Gasteiger charge is 2.63. The second kappa shape index (κ2) is 6.63. The van der Waals surface area contributed by atoms with Gasteiger partial charge in [0.05, 0.1) is 18.2 Å². The second-order valence-corrected chi connectivity index (χ2v) is 8.42. The van der Waals surface area contributed by atoms with Crippen molar-refractivity contribution in [3.63, 3.8) is 0 Å². The van der Waals surface area contributed by atoms with Crippen LogP contribution in [-0.4, -0.2) is 65.8 Å². The van der Waals surface area contributed by atoms with Crippen LogP contribution in [0.15, 0.2) is 24.3 Å². The number of benzene rings is 1. The van der Waals surface area contributed by atoms with E-state index in [1.54, 1.807) is 7.11 Å². The fraction of sp³-hybridized carbons (Fsp3) is 0.667. The average molecular weight is 358 g/mol. The minimum Gasteiger partial charge on any atom is -0.392 e. The van der Waals surface area contributed by atoms with Gasteiger partial charge in [-0.15, -0.1) is 0 Å². The molecule has 1 saturated heterocycles. The largest absolute Gasteiger partial charge is 0.392 e. The van der Waals surface area contributed by atoms with Gasteiger partial charge in [-0.1, -0.05) is 24.3 Å². The van der Waals surface area contributed by atoms with Crippen molar-refractivity contribution in [3.8, 4) is 0 Å². The summed E-state index contributed by atoms with van der Waals surface area (Å²) in [7, 11) is 1.74. The molecule has 2 atom stereocenters. The van der Waals surface area contributed by atoms with E-state index in [4.69, 9.17) is 4.74 Å². The van der Waals surface area contributed by atoms with Crippen LogP contribution in [0.2, 0.25) is 0 Å². The first kappa shape index (κ1) is 18.0. The molecule has 3 aliphatic rings. The van der Waals surface area contributed by atoms with Crippen LogP contribution in [0.1, 0.15) is 37.3 Å². The summed E-state index contributed by atoms with van der Waals surface area (Å²) in [5.41, 5.74) is 2.33. The number of aliphatic hydroxyl groups is 1. The Morgan fingerprint density at radius 3 is 2.58 bits per heavy atom. The maximum absolute atomic E-state index is 12.8. The zero-order valence-corrected chi connectivity index (χ0v) is 15.9. The van der Waals surface area contributed by atoms with E-state index >= 15 is 0 Å². The Balaban J connectivity index is 1.33. The van der Waals surface area contributed by atoms with Gasteiger partial charge < -0.3 is 14.7 Å². The van der Waals surface area contributed by atoms with E-state index in [1.807, 2.05) is 4.90 Å². The Hall–Kier alpha value is -1.43. The Morgan fingerprint density at radius 1 is 1.23 bits per heavy atom. The third-order valence-corrected chi connectivity index (χ3v) is 7.30. The van der Waals surface area contributed by atoms with Gasteiger partial charge in [0, 0.05) is 45.1 Å². The topological polar surface area (TPSA) is 53.0 Å². The number of carbonyl (C=O) groups is 1. The third kappa shape index (κ3) is 2.77. The van der Waals surface area contributed by atoms with Gasteiger partial charge in [0.1, 0.15) is 0 Å². The summed E-state index contributed by atoms with van der Waals surface area (Å²) in [6.45, 7) is 5.84. The molecular weight excluding hydrogens is 328 g/mol. The molecule has 2 fully saturated rings. The van der Waals surface area contributed by atoms with Crippen molar-refractivity contribution in [3.05, 3.63) is 35.4 Å². The highest BCUT2D eigenvalue weighted by molar-refractivity contribution is 5.78. The number of piperidine rings is 1. The van der Waals surface area contributed by atoms with Crippen LogP contribution in [0.25, 0.3) is 0 Å². The first-order valence-corrected chi connectivity index (χ1v) is 9.78. The molecule has 4 rings (SSSR count). The van der Waals surface area contributed by atoms with Gasteiger partial charge in [-0.3, -0.25) is 9.69 Å². The molecule has 2 heterocycles. The van der Waals surface area contributed by atoms with Gasteiger partial charge >= 0.3 is 0 Å². The van der Waals surface area contributed by atoms with Gasteiger partial charge in [-0.25, -0.2) is 0 Å². The number of carbonyl (C=O) groups excluding carboxylic acids is 1. The zero-order chi connectivity index (χ0) is 18.4. The minimum atomic E-state index is -0.303. The second-order valence-electron chi connectivity index (χ2n) is 8.42. The Bertz CT molecular complexity index is 684. The van der Waals surface area contributed by atoms with E-state index in [-0.39, 0.29) is 23.0 Å². The smallest absolute Gasteiger partial charge is 0.236 e. The maximum Gasteiger partial charge on any atom is 0.236 e. The van der Waals surface area contributed by atoms with Gasteiger partial charge in [0.2, 0.25) is 5.91 Å². The molecular formula is C21H30N2O3. The number of fused-ring (bicyclic) bond motifs is 1. The Morgan fingerprint density at radius 2 is 1.92 bits per heavy atom. The quantitative estimate of drug-likeness (QED) is 0.896. The van der Waals surface area contributed by atoms with Crippen LogP contribution in [0, 0.1) is 5.41 Å². The van der Waals surface area contributed by atoms with Crippen LogP contribution >= 0.6 is 0 Å². The molecule has 1 aliphatic carbocycles. The van der Waals surface area contributed by atoms with Gasteiger partial charge in [0.15, 0.2) is 0 Å². The summed E-state index contributed by atoms with van der Waals surface area (Å²) in [4.78, 5) is 17.0. The number of rotatable bonds is 3. The minimum absolute atomic E-state index is 0.178. The summed E-state index contributed by atoms with van der Waals surface area (Å²) >= 11 is 0. The van der Waals surface area contributed by atoms with Crippen molar-refractivity contribution in [2.24, 2.45) is 5.41 Å². The lowest BCUT2D eigenvalue weighted by molar-refractivity contribution is -0.261. The summed E-state index contributed by atoms with van der Waals surface area (Å²) in [6.07, 6.45) is 3.07. The molecule has 5 nitrogen and oxygen atoms in total. The normalized spacial score (nSPS) is 30.7. The molecule has 1 N–H and O–H groups in total. The van der Waals surface area contributed by atoms with Crippen LogP contribution in [-0.2, 0) is 22.5 Å². The molecule has 1 aromatic carbocycles. The van der Waals surface area contributed by atoms with E-state index in [0.29, 0.717) is 13.0 Å². The number of hydrogen-bond donors (Lipinski definition) is 1. The number of hydrogen-bond acceptors (Lipinski definition) is 4. The predicted molar refractivity (Wildman–Crippen MR) is 99.7 cm³/mol. The number of amides is 1. The molecule has 1 amide bonds. The molecule has 0 aromatic heterocycles. The molecule has 2 aliphatic heterocycles. The van der Waals surface area contributed by atoms with Crippen LogP contribution in [0.3, 0.4) is 0 Å². The van der Waals surface area contributed by atoms with E-state index in [9.17, 15) is 9.90 Å². The third-order valence-electron chi connectivity index (χ3n) is 7.30. The lowest BCUT2D eigenvalue weighted by Gasteiger charge is -2.62. The van der Waals surface area contributed by atoms with Crippen molar-refractivity contribution in [1.29, 1.82) is 0 Å². The molecule has 1 saturated carbocycles. The number of aliphatic hydroxyl groups excluding tert-OH is 1. The number of ether oxygens (including phenoxy) is 1. The fourth-order valence-corrected chi connectivity index (χ4v) is 5.27. The molecule has 5 heteroatoms. The van der Waals surface area contributed by atoms with Crippen LogP contribution < -0.4 is 0 Å². The van der Waals surface area contributed by atoms with Crippen molar-refractivity contribution in [2.45, 2.75) is 50.9 Å². The molecule has 1 spiro atoms. The molecule has 0 bridgehead atoms. The molecule has 0 unspecified atom stereocenters. The Labute approximate surface area is 155 Å². The summed E-state index contributed by atoms with van der Waals surface area (Å²) in [5.74, 6) is 0.215. The van der Waals surface area contributed by atoms with E-state index in [1.165, 1.54) is 11.1 Å². The number of nitrogens with zero attached hydrogens (tertiary/aromatic N) is 2. The van der Waals surface area contributed by atoms with Crippen LogP contribution in [0.4, 0.5) is 0 Å². The summed E-state index contributed by atoms with van der Waals surface area (Å²) in [6, 6.07) is 8.52.